The molecule has 1 atom stereocenters. The number of piperidine rings is 1. The maximum absolute atomic E-state index is 12.9. The molecule has 2 aromatic rings. The standard InChI is InChI=1S/C16H22N4O3S2/c1-11(2)20-8-6-18-15(20)12-4-3-7-19(10-12)16(21)14-13(5-9-24-14)25(17,22)23/h5-6,8-9,11-12H,3-4,7,10H2,1-2H3,(H2,17,22,23)/t12-/m1/s1. The maximum atomic E-state index is 12.9. The second-order valence-corrected chi connectivity index (χ2v) is 8.98. The molecule has 3 rings (SSSR count). The lowest BCUT2D eigenvalue weighted by molar-refractivity contribution is 0.0704. The van der Waals surface area contributed by atoms with Gasteiger partial charge >= 0.3 is 0 Å². The van der Waals surface area contributed by atoms with E-state index in [0.717, 1.165) is 30.0 Å². The predicted octanol–water partition coefficient (Wildman–Crippen LogP) is 2.19. The second kappa shape index (κ2) is 6.89. The first-order chi connectivity index (χ1) is 11.8. The summed E-state index contributed by atoms with van der Waals surface area (Å²) in [6.45, 7) is 5.34. The third kappa shape index (κ3) is 3.63. The lowest BCUT2D eigenvalue weighted by Gasteiger charge is -2.33. The number of primary sulfonamides is 1. The Morgan fingerprint density at radius 3 is 2.88 bits per heavy atom. The van der Waals surface area contributed by atoms with Gasteiger partial charge in [0, 0.05) is 37.4 Å². The van der Waals surface area contributed by atoms with Crippen molar-refractivity contribution >= 4 is 27.3 Å². The summed E-state index contributed by atoms with van der Waals surface area (Å²) >= 11 is 1.11. The van der Waals surface area contributed by atoms with Crippen molar-refractivity contribution in [1.29, 1.82) is 0 Å². The minimum Gasteiger partial charge on any atom is -0.337 e. The Balaban J connectivity index is 1.83. The number of nitrogens with zero attached hydrogens (tertiary/aromatic N) is 3. The van der Waals surface area contributed by atoms with E-state index < -0.39 is 10.0 Å². The smallest absolute Gasteiger partial charge is 0.265 e. The van der Waals surface area contributed by atoms with Crippen LogP contribution in [0.5, 0.6) is 0 Å². The van der Waals surface area contributed by atoms with Crippen molar-refractivity contribution < 1.29 is 13.2 Å². The van der Waals surface area contributed by atoms with Gasteiger partial charge in [-0.2, -0.15) is 0 Å². The lowest BCUT2D eigenvalue weighted by Crippen LogP contribution is -2.40. The SMILES string of the molecule is CC(C)n1ccnc1[C@@H]1CCCN(C(=O)c2sccc2S(N)(=O)=O)C1. The van der Waals surface area contributed by atoms with Crippen LogP contribution in [0.3, 0.4) is 0 Å². The highest BCUT2D eigenvalue weighted by atomic mass is 32.2. The van der Waals surface area contributed by atoms with Crippen molar-refractivity contribution in [3.05, 3.63) is 34.5 Å². The molecule has 1 amide bonds. The van der Waals surface area contributed by atoms with Crippen molar-refractivity contribution in [2.45, 2.75) is 43.5 Å². The first kappa shape index (κ1) is 18.1. The van der Waals surface area contributed by atoms with Gasteiger partial charge in [0.25, 0.3) is 5.91 Å². The Morgan fingerprint density at radius 1 is 1.44 bits per heavy atom. The predicted molar refractivity (Wildman–Crippen MR) is 96.2 cm³/mol. The maximum Gasteiger partial charge on any atom is 0.265 e. The minimum absolute atomic E-state index is 0.0895. The number of aromatic nitrogens is 2. The average Bonchev–Trinajstić information content (AvgIpc) is 3.23. The van der Waals surface area contributed by atoms with E-state index in [0.29, 0.717) is 19.1 Å². The van der Waals surface area contributed by atoms with Gasteiger partial charge < -0.3 is 9.47 Å². The van der Waals surface area contributed by atoms with Crippen LogP contribution in [0, 0.1) is 0 Å². The molecular formula is C16H22N4O3S2. The van der Waals surface area contributed by atoms with E-state index in [-0.39, 0.29) is 21.6 Å². The van der Waals surface area contributed by atoms with Gasteiger partial charge in [-0.3, -0.25) is 4.79 Å². The number of rotatable bonds is 4. The molecule has 0 aromatic carbocycles. The van der Waals surface area contributed by atoms with Crippen LogP contribution in [0.1, 0.15) is 54.1 Å². The Kier molecular flexibility index (Phi) is 4.99. The molecule has 1 aliphatic rings. The van der Waals surface area contributed by atoms with Crippen molar-refractivity contribution in [3.63, 3.8) is 0 Å². The summed E-state index contributed by atoms with van der Waals surface area (Å²) in [5, 5.41) is 6.81. The number of carbonyl (C=O) groups is 1. The molecule has 3 heterocycles. The fraction of sp³-hybridized carbons (Fsp3) is 0.500. The minimum atomic E-state index is -3.90. The lowest BCUT2D eigenvalue weighted by atomic mass is 9.96. The topological polar surface area (TPSA) is 98.3 Å². The van der Waals surface area contributed by atoms with Gasteiger partial charge in [0.15, 0.2) is 0 Å². The van der Waals surface area contributed by atoms with E-state index in [9.17, 15) is 13.2 Å². The van der Waals surface area contributed by atoms with Crippen LogP contribution < -0.4 is 5.14 Å². The van der Waals surface area contributed by atoms with E-state index in [1.54, 1.807) is 16.5 Å². The Hall–Kier alpha value is -1.71. The van der Waals surface area contributed by atoms with Crippen LogP contribution in [0.25, 0.3) is 0 Å². The van der Waals surface area contributed by atoms with Gasteiger partial charge in [0.2, 0.25) is 10.0 Å². The number of amides is 1. The zero-order chi connectivity index (χ0) is 18.2. The number of carbonyl (C=O) groups excluding carboxylic acids is 1. The van der Waals surface area contributed by atoms with Crippen LogP contribution in [0.15, 0.2) is 28.7 Å². The summed E-state index contributed by atoms with van der Waals surface area (Å²) in [4.78, 5) is 19.2. The van der Waals surface area contributed by atoms with Crippen LogP contribution in [0.2, 0.25) is 0 Å². The largest absolute Gasteiger partial charge is 0.337 e. The molecule has 1 saturated heterocycles. The van der Waals surface area contributed by atoms with Gasteiger partial charge in [-0.05, 0) is 38.1 Å². The second-order valence-electron chi connectivity index (χ2n) is 6.54. The molecule has 136 valence electrons. The van der Waals surface area contributed by atoms with E-state index in [4.69, 9.17) is 5.14 Å². The molecule has 7 nitrogen and oxygen atoms in total. The summed E-state index contributed by atoms with van der Waals surface area (Å²) in [5.74, 6) is 0.852. The van der Waals surface area contributed by atoms with Crippen molar-refractivity contribution in [1.82, 2.24) is 14.5 Å². The van der Waals surface area contributed by atoms with Crippen LogP contribution in [0.4, 0.5) is 0 Å². The fourth-order valence-corrected chi connectivity index (χ4v) is 5.21. The van der Waals surface area contributed by atoms with Crippen LogP contribution in [-0.2, 0) is 10.0 Å². The molecule has 0 spiro atoms. The summed E-state index contributed by atoms with van der Waals surface area (Å²) in [6.07, 6.45) is 5.56. The van der Waals surface area contributed by atoms with Gasteiger partial charge in [-0.25, -0.2) is 18.5 Å². The van der Waals surface area contributed by atoms with Crippen molar-refractivity contribution in [3.8, 4) is 0 Å². The van der Waals surface area contributed by atoms with Gasteiger partial charge in [0.1, 0.15) is 15.6 Å². The monoisotopic (exact) mass is 382 g/mol. The van der Waals surface area contributed by atoms with Gasteiger partial charge in [0.05, 0.1) is 0 Å². The van der Waals surface area contributed by atoms with E-state index >= 15 is 0 Å². The third-order valence-electron chi connectivity index (χ3n) is 4.46. The first-order valence-electron chi connectivity index (χ1n) is 8.21. The van der Waals surface area contributed by atoms with Crippen molar-refractivity contribution in [2.24, 2.45) is 5.14 Å². The highest BCUT2D eigenvalue weighted by Gasteiger charge is 2.31. The molecule has 0 saturated carbocycles. The molecular weight excluding hydrogens is 360 g/mol. The zero-order valence-corrected chi connectivity index (χ0v) is 15.9. The summed E-state index contributed by atoms with van der Waals surface area (Å²) in [5.41, 5.74) is 0. The highest BCUT2D eigenvalue weighted by molar-refractivity contribution is 7.89. The zero-order valence-electron chi connectivity index (χ0n) is 14.3. The molecule has 25 heavy (non-hydrogen) atoms. The quantitative estimate of drug-likeness (QED) is 0.876. The molecule has 0 radical (unpaired) electrons. The highest BCUT2D eigenvalue weighted by Crippen LogP contribution is 2.30. The van der Waals surface area contributed by atoms with Crippen LogP contribution >= 0.6 is 11.3 Å². The molecule has 1 aliphatic heterocycles. The summed E-state index contributed by atoms with van der Waals surface area (Å²) in [6, 6.07) is 1.69. The number of imidazole rings is 1. The van der Waals surface area contributed by atoms with E-state index in [2.05, 4.69) is 23.4 Å². The number of likely N-dealkylation sites (tertiary alicyclic amines) is 1. The fourth-order valence-electron chi connectivity index (χ4n) is 3.27. The number of thiophene rings is 1. The average molecular weight is 383 g/mol. The molecule has 1 fully saturated rings. The molecule has 0 aliphatic carbocycles. The van der Waals surface area contributed by atoms with Gasteiger partial charge in [-0.1, -0.05) is 0 Å². The third-order valence-corrected chi connectivity index (χ3v) is 6.44. The van der Waals surface area contributed by atoms with E-state index in [1.165, 1.54) is 6.07 Å². The normalized spacial score (nSPS) is 18.7. The Bertz CT molecular complexity index is 870. The van der Waals surface area contributed by atoms with Crippen LogP contribution in [-0.4, -0.2) is 41.9 Å². The van der Waals surface area contributed by atoms with Crippen molar-refractivity contribution in [2.75, 3.05) is 13.1 Å². The molecule has 9 heteroatoms. The molecule has 2 aromatic heterocycles. The molecule has 0 bridgehead atoms. The molecule has 0 unspecified atom stereocenters. The Morgan fingerprint density at radius 2 is 2.20 bits per heavy atom. The summed E-state index contributed by atoms with van der Waals surface area (Å²) in [7, 11) is -3.90. The first-order valence-corrected chi connectivity index (χ1v) is 10.6. The Labute approximate surface area is 151 Å². The number of nitrogens with two attached hydrogens (primary N) is 1. The van der Waals surface area contributed by atoms with Gasteiger partial charge in [-0.15, -0.1) is 11.3 Å². The number of sulfonamides is 1. The summed E-state index contributed by atoms with van der Waals surface area (Å²) < 4.78 is 25.5. The number of hydrogen-bond donors (Lipinski definition) is 1. The number of hydrogen-bond acceptors (Lipinski definition) is 5. The molecule has 2 N–H and O–H groups in total. The van der Waals surface area contributed by atoms with E-state index in [1.807, 2.05) is 6.20 Å².